The van der Waals surface area contributed by atoms with Gasteiger partial charge in [-0.1, -0.05) is 78.4 Å². The molecule has 0 spiro atoms. The van der Waals surface area contributed by atoms with Crippen molar-refractivity contribution in [2.45, 2.75) is 6.92 Å². The lowest BCUT2D eigenvalue weighted by Gasteiger charge is -2.04. The minimum atomic E-state index is -0.974. The highest BCUT2D eigenvalue weighted by molar-refractivity contribution is 6.21. The number of aromatic nitrogens is 2. The number of aliphatic carboxylic acids is 1. The highest BCUT2D eigenvalue weighted by atomic mass is 16.4. The number of nitrogens with zero attached hydrogens (tertiary/aromatic N) is 2. The molecule has 0 unspecified atom stereocenters. The van der Waals surface area contributed by atoms with E-state index < -0.39 is 5.97 Å². The van der Waals surface area contributed by atoms with Crippen LogP contribution in [0.25, 0.3) is 28.6 Å². The first-order valence-corrected chi connectivity index (χ1v) is 9.34. The third-order valence-electron chi connectivity index (χ3n) is 4.70. The molecule has 1 aromatic heterocycles. The second-order valence-electron chi connectivity index (χ2n) is 6.81. The smallest absolute Gasteiger partial charge is 0.336 e. The molecule has 4 rings (SSSR count). The molecule has 0 radical (unpaired) electrons. The zero-order valence-corrected chi connectivity index (χ0v) is 16.0. The Balaban J connectivity index is 1.89. The van der Waals surface area contributed by atoms with Crippen molar-refractivity contribution >= 4 is 17.6 Å². The Morgan fingerprint density at radius 2 is 1.52 bits per heavy atom. The molecule has 0 aliphatic rings. The van der Waals surface area contributed by atoms with Crippen LogP contribution in [0.1, 0.15) is 16.7 Å². The van der Waals surface area contributed by atoms with Gasteiger partial charge in [-0.3, -0.25) is 0 Å². The van der Waals surface area contributed by atoms with E-state index in [1.807, 2.05) is 85.9 Å². The zero-order valence-electron chi connectivity index (χ0n) is 16.0. The van der Waals surface area contributed by atoms with Crippen molar-refractivity contribution < 1.29 is 9.90 Å². The number of rotatable bonds is 5. The van der Waals surface area contributed by atoms with E-state index in [0.717, 1.165) is 28.1 Å². The van der Waals surface area contributed by atoms with Gasteiger partial charge in [-0.25, -0.2) is 9.48 Å². The van der Waals surface area contributed by atoms with Gasteiger partial charge in [0.2, 0.25) is 0 Å². The molecule has 3 aromatic carbocycles. The van der Waals surface area contributed by atoms with Crippen LogP contribution in [0, 0.1) is 6.92 Å². The minimum Gasteiger partial charge on any atom is -0.478 e. The van der Waals surface area contributed by atoms with Crippen LogP contribution in [-0.4, -0.2) is 20.9 Å². The number of para-hydroxylation sites is 1. The van der Waals surface area contributed by atoms with Crippen molar-refractivity contribution in [2.75, 3.05) is 0 Å². The quantitative estimate of drug-likeness (QED) is 0.467. The summed E-state index contributed by atoms with van der Waals surface area (Å²) in [5, 5.41) is 14.6. The number of aryl methyl sites for hydroxylation is 1. The molecule has 4 aromatic rings. The molecule has 0 aliphatic heterocycles. The Hall–Kier alpha value is -3.92. The molecule has 1 heterocycles. The van der Waals surface area contributed by atoms with Crippen molar-refractivity contribution in [1.82, 2.24) is 9.78 Å². The van der Waals surface area contributed by atoms with Crippen LogP contribution in [0.15, 0.2) is 91.1 Å². The van der Waals surface area contributed by atoms with Crippen molar-refractivity contribution in [3.8, 4) is 16.9 Å². The fourth-order valence-electron chi connectivity index (χ4n) is 3.18. The zero-order chi connectivity index (χ0) is 20.2. The van der Waals surface area contributed by atoms with Crippen LogP contribution in [0.2, 0.25) is 0 Å². The summed E-state index contributed by atoms with van der Waals surface area (Å²) in [6, 6.07) is 27.0. The maximum atomic E-state index is 12.0. The van der Waals surface area contributed by atoms with Gasteiger partial charge in [-0.05, 0) is 30.7 Å². The topological polar surface area (TPSA) is 55.1 Å². The Morgan fingerprint density at radius 3 is 2.14 bits per heavy atom. The van der Waals surface area contributed by atoms with E-state index >= 15 is 0 Å². The molecule has 1 N–H and O–H groups in total. The Labute approximate surface area is 169 Å². The van der Waals surface area contributed by atoms with Crippen molar-refractivity contribution in [3.63, 3.8) is 0 Å². The average Bonchev–Trinajstić information content (AvgIpc) is 3.17. The maximum absolute atomic E-state index is 12.0. The first-order chi connectivity index (χ1) is 14.1. The van der Waals surface area contributed by atoms with Gasteiger partial charge in [0.15, 0.2) is 0 Å². The number of carboxylic acids is 1. The van der Waals surface area contributed by atoms with E-state index in [1.54, 1.807) is 22.9 Å². The largest absolute Gasteiger partial charge is 0.478 e. The summed E-state index contributed by atoms with van der Waals surface area (Å²) in [6.07, 6.45) is 3.57. The van der Waals surface area contributed by atoms with Crippen LogP contribution in [0.4, 0.5) is 0 Å². The number of carbonyl (C=O) groups is 1. The number of hydrogen-bond donors (Lipinski definition) is 1. The van der Waals surface area contributed by atoms with Crippen LogP contribution in [0.3, 0.4) is 0 Å². The summed E-state index contributed by atoms with van der Waals surface area (Å²) in [7, 11) is 0. The summed E-state index contributed by atoms with van der Waals surface area (Å²) in [6.45, 7) is 2.03. The van der Waals surface area contributed by atoms with Gasteiger partial charge < -0.3 is 5.11 Å². The predicted octanol–water partition coefficient (Wildman–Crippen LogP) is 5.47. The number of carboxylic acid groups (broad SMARTS) is 1. The fourth-order valence-corrected chi connectivity index (χ4v) is 3.18. The van der Waals surface area contributed by atoms with E-state index in [-0.39, 0.29) is 5.57 Å². The number of benzene rings is 3. The SMILES string of the molecule is Cc1ccc(-c2nn(-c3ccccc3)cc2C=C(C(=O)O)c2ccccc2)cc1. The minimum absolute atomic E-state index is 0.228. The maximum Gasteiger partial charge on any atom is 0.336 e. The molecule has 0 atom stereocenters. The van der Waals surface area contributed by atoms with Crippen LogP contribution < -0.4 is 0 Å². The lowest BCUT2D eigenvalue weighted by Crippen LogP contribution is -1.99. The van der Waals surface area contributed by atoms with Gasteiger partial charge in [0.05, 0.1) is 17.0 Å². The summed E-state index contributed by atoms with van der Waals surface area (Å²) < 4.78 is 1.78. The molecule has 0 amide bonds. The molecule has 0 bridgehead atoms. The predicted molar refractivity (Wildman–Crippen MR) is 116 cm³/mol. The fraction of sp³-hybridized carbons (Fsp3) is 0.0400. The average molecular weight is 380 g/mol. The molecular weight excluding hydrogens is 360 g/mol. The molecule has 0 saturated carbocycles. The number of hydrogen-bond acceptors (Lipinski definition) is 2. The van der Waals surface area contributed by atoms with Gasteiger partial charge in [0, 0.05) is 17.3 Å². The first-order valence-electron chi connectivity index (χ1n) is 9.34. The summed E-state index contributed by atoms with van der Waals surface area (Å²) in [5.41, 5.74) is 5.38. The molecule has 0 saturated heterocycles. The van der Waals surface area contributed by atoms with Crippen molar-refractivity contribution in [1.29, 1.82) is 0 Å². The summed E-state index contributed by atoms with van der Waals surface area (Å²) in [4.78, 5) is 12.0. The normalized spacial score (nSPS) is 11.4. The van der Waals surface area contributed by atoms with Gasteiger partial charge in [-0.2, -0.15) is 5.10 Å². The third kappa shape index (κ3) is 4.01. The molecule has 0 fully saturated rings. The molecule has 0 aliphatic carbocycles. The van der Waals surface area contributed by atoms with Gasteiger partial charge in [-0.15, -0.1) is 0 Å². The van der Waals surface area contributed by atoms with Crippen molar-refractivity contribution in [3.05, 3.63) is 108 Å². The lowest BCUT2D eigenvalue weighted by atomic mass is 10.0. The second kappa shape index (κ2) is 7.98. The highest BCUT2D eigenvalue weighted by Crippen LogP contribution is 2.28. The van der Waals surface area contributed by atoms with E-state index in [9.17, 15) is 9.90 Å². The molecule has 4 heteroatoms. The summed E-state index contributed by atoms with van der Waals surface area (Å²) in [5.74, 6) is -0.974. The Kier molecular flexibility index (Phi) is 5.08. The molecular formula is C25H20N2O2. The molecule has 4 nitrogen and oxygen atoms in total. The molecule has 29 heavy (non-hydrogen) atoms. The standard InChI is InChI=1S/C25H20N2O2/c1-18-12-14-20(15-13-18)24-21(17-27(26-24)22-10-6-3-7-11-22)16-23(25(28)29)19-8-4-2-5-9-19/h2-17H,1H3,(H,28,29). The lowest BCUT2D eigenvalue weighted by molar-refractivity contribution is -0.130. The monoisotopic (exact) mass is 380 g/mol. The third-order valence-corrected chi connectivity index (χ3v) is 4.70. The highest BCUT2D eigenvalue weighted by Gasteiger charge is 2.15. The van der Waals surface area contributed by atoms with E-state index in [0.29, 0.717) is 5.56 Å². The van der Waals surface area contributed by atoms with Gasteiger partial charge >= 0.3 is 5.97 Å². The van der Waals surface area contributed by atoms with Crippen LogP contribution >= 0.6 is 0 Å². The van der Waals surface area contributed by atoms with Crippen LogP contribution in [-0.2, 0) is 4.79 Å². The Morgan fingerprint density at radius 1 is 0.897 bits per heavy atom. The Bertz CT molecular complexity index is 1160. The van der Waals surface area contributed by atoms with E-state index in [1.165, 1.54) is 0 Å². The first kappa shape index (κ1) is 18.4. The van der Waals surface area contributed by atoms with Gasteiger partial charge in [0.1, 0.15) is 0 Å². The van der Waals surface area contributed by atoms with E-state index in [2.05, 4.69) is 0 Å². The van der Waals surface area contributed by atoms with E-state index in [4.69, 9.17) is 5.10 Å². The second-order valence-corrected chi connectivity index (χ2v) is 6.81. The van der Waals surface area contributed by atoms with Crippen LogP contribution in [0.5, 0.6) is 0 Å². The summed E-state index contributed by atoms with van der Waals surface area (Å²) >= 11 is 0. The van der Waals surface area contributed by atoms with Gasteiger partial charge in [0.25, 0.3) is 0 Å². The van der Waals surface area contributed by atoms with Crippen molar-refractivity contribution in [2.24, 2.45) is 0 Å². The molecule has 142 valence electrons.